The first-order valence-electron chi connectivity index (χ1n) is 5.96. The van der Waals surface area contributed by atoms with Crippen molar-refractivity contribution >= 4 is 44.2 Å². The van der Waals surface area contributed by atoms with Gasteiger partial charge in [-0.15, -0.1) is 0 Å². The van der Waals surface area contributed by atoms with Crippen LogP contribution in [0.5, 0.6) is 5.75 Å². The highest BCUT2D eigenvalue weighted by atomic mass is 35.5. The molecule has 0 unspecified atom stereocenters. The molecule has 2 heterocycles. The van der Waals surface area contributed by atoms with E-state index < -0.39 is 0 Å². The third-order valence-corrected chi connectivity index (χ3v) is 4.19. The minimum absolute atomic E-state index is 0.199. The lowest BCUT2D eigenvalue weighted by atomic mass is 10.3. The van der Waals surface area contributed by atoms with Gasteiger partial charge in [0, 0.05) is 6.07 Å². The molecule has 0 aliphatic rings. The van der Waals surface area contributed by atoms with E-state index in [1.54, 1.807) is 32.2 Å². The van der Waals surface area contributed by atoms with Gasteiger partial charge in [0.1, 0.15) is 17.0 Å². The molecule has 0 aliphatic carbocycles. The fraction of sp³-hybridized carbons (Fsp3) is 0.154. The van der Waals surface area contributed by atoms with Gasteiger partial charge in [-0.2, -0.15) is 0 Å². The number of carbonyl (C=O) groups is 1. The number of nitrogens with zero attached hydrogens (tertiary/aromatic N) is 2. The standard InChI is InChI=1S/C13H10ClN3O3S/c1-6-5-8(17-20-6)12(18)16-13-15-10-9(19-2)4-3-7(14)11(10)21-13/h3-5H,1-2H3,(H,15,16,18). The Kier molecular flexibility index (Phi) is 3.52. The predicted octanol–water partition coefficient (Wildman–Crippen LogP) is 3.51. The Morgan fingerprint density at radius 1 is 1.48 bits per heavy atom. The zero-order chi connectivity index (χ0) is 15.0. The van der Waals surface area contributed by atoms with Crippen LogP contribution in [0, 0.1) is 6.92 Å². The normalized spacial score (nSPS) is 10.8. The molecule has 1 N–H and O–H groups in total. The summed E-state index contributed by atoms with van der Waals surface area (Å²) in [5.74, 6) is 0.776. The van der Waals surface area contributed by atoms with Gasteiger partial charge in [-0.05, 0) is 19.1 Å². The molecule has 0 spiro atoms. The molecule has 108 valence electrons. The Morgan fingerprint density at radius 2 is 2.29 bits per heavy atom. The van der Waals surface area contributed by atoms with E-state index in [-0.39, 0.29) is 11.6 Å². The maximum Gasteiger partial charge on any atom is 0.279 e. The third-order valence-electron chi connectivity index (χ3n) is 2.76. The largest absolute Gasteiger partial charge is 0.494 e. The number of fused-ring (bicyclic) bond motifs is 1. The number of hydrogen-bond acceptors (Lipinski definition) is 6. The highest BCUT2D eigenvalue weighted by Crippen LogP contribution is 2.37. The zero-order valence-electron chi connectivity index (χ0n) is 11.1. The number of aryl methyl sites for hydroxylation is 1. The summed E-state index contributed by atoms with van der Waals surface area (Å²) >= 11 is 7.40. The van der Waals surface area contributed by atoms with Gasteiger partial charge >= 0.3 is 0 Å². The molecule has 0 fully saturated rings. The van der Waals surface area contributed by atoms with Gasteiger partial charge in [0.2, 0.25) is 0 Å². The summed E-state index contributed by atoms with van der Waals surface area (Å²) in [6.45, 7) is 1.71. The van der Waals surface area contributed by atoms with Crippen molar-refractivity contribution in [3.05, 3.63) is 34.7 Å². The molecular weight excluding hydrogens is 314 g/mol. The van der Waals surface area contributed by atoms with E-state index in [1.165, 1.54) is 11.3 Å². The summed E-state index contributed by atoms with van der Waals surface area (Å²) in [6, 6.07) is 5.01. The molecule has 1 amide bonds. The third kappa shape index (κ3) is 2.57. The van der Waals surface area contributed by atoms with Crippen LogP contribution in [-0.4, -0.2) is 23.2 Å². The van der Waals surface area contributed by atoms with Crippen LogP contribution in [0.25, 0.3) is 10.2 Å². The van der Waals surface area contributed by atoms with E-state index in [1.807, 2.05) is 0 Å². The number of aromatic nitrogens is 2. The van der Waals surface area contributed by atoms with Crippen LogP contribution in [0.4, 0.5) is 5.13 Å². The molecule has 1 aromatic carbocycles. The smallest absolute Gasteiger partial charge is 0.279 e. The van der Waals surface area contributed by atoms with Gasteiger partial charge in [-0.3, -0.25) is 10.1 Å². The van der Waals surface area contributed by atoms with Crippen molar-refractivity contribution in [1.82, 2.24) is 10.1 Å². The van der Waals surface area contributed by atoms with Crippen LogP contribution in [-0.2, 0) is 0 Å². The van der Waals surface area contributed by atoms with Crippen molar-refractivity contribution in [1.29, 1.82) is 0 Å². The fourth-order valence-electron chi connectivity index (χ4n) is 1.81. The van der Waals surface area contributed by atoms with Crippen molar-refractivity contribution in [2.75, 3.05) is 12.4 Å². The molecule has 0 radical (unpaired) electrons. The molecule has 8 heteroatoms. The predicted molar refractivity (Wildman–Crippen MR) is 80.4 cm³/mol. The minimum atomic E-state index is -0.388. The molecular formula is C13H10ClN3O3S. The summed E-state index contributed by atoms with van der Waals surface area (Å²) in [6.07, 6.45) is 0. The van der Waals surface area contributed by atoms with Gasteiger partial charge in [0.25, 0.3) is 5.91 Å². The Hall–Kier alpha value is -2.12. The minimum Gasteiger partial charge on any atom is -0.494 e. The first-order chi connectivity index (χ1) is 10.1. The van der Waals surface area contributed by atoms with Gasteiger partial charge in [-0.25, -0.2) is 4.98 Å². The van der Waals surface area contributed by atoms with Crippen LogP contribution < -0.4 is 10.1 Å². The van der Waals surface area contributed by atoms with Crippen molar-refractivity contribution in [3.8, 4) is 5.75 Å². The number of rotatable bonds is 3. The van der Waals surface area contributed by atoms with Crippen molar-refractivity contribution in [3.63, 3.8) is 0 Å². The summed E-state index contributed by atoms with van der Waals surface area (Å²) < 4.78 is 10.9. The van der Waals surface area contributed by atoms with Crippen molar-refractivity contribution in [2.45, 2.75) is 6.92 Å². The zero-order valence-corrected chi connectivity index (χ0v) is 12.7. The second-order valence-corrected chi connectivity index (χ2v) is 5.63. The topological polar surface area (TPSA) is 77.2 Å². The number of hydrogen-bond donors (Lipinski definition) is 1. The first kappa shape index (κ1) is 13.8. The van der Waals surface area contributed by atoms with Crippen molar-refractivity contribution < 1.29 is 14.1 Å². The summed E-state index contributed by atoms with van der Waals surface area (Å²) in [7, 11) is 1.55. The number of amides is 1. The van der Waals surface area contributed by atoms with E-state index in [0.717, 1.165) is 4.70 Å². The maximum atomic E-state index is 12.0. The SMILES string of the molecule is COc1ccc(Cl)c2sc(NC(=O)c3cc(C)on3)nc12. The first-order valence-corrected chi connectivity index (χ1v) is 7.15. The number of carbonyl (C=O) groups excluding carboxylic acids is 1. The van der Waals surface area contributed by atoms with Crippen LogP contribution in [0.15, 0.2) is 22.7 Å². The molecule has 3 aromatic rings. The number of benzene rings is 1. The molecule has 0 saturated heterocycles. The maximum absolute atomic E-state index is 12.0. The van der Waals surface area contributed by atoms with E-state index in [4.69, 9.17) is 20.9 Å². The molecule has 3 rings (SSSR count). The highest BCUT2D eigenvalue weighted by Gasteiger charge is 2.16. The van der Waals surface area contributed by atoms with E-state index in [9.17, 15) is 4.79 Å². The quantitative estimate of drug-likeness (QED) is 0.798. The second kappa shape index (κ2) is 5.34. The van der Waals surface area contributed by atoms with Crippen LogP contribution in [0.1, 0.15) is 16.2 Å². The lowest BCUT2D eigenvalue weighted by Gasteiger charge is -2.00. The average Bonchev–Trinajstić information content (AvgIpc) is 3.06. The lowest BCUT2D eigenvalue weighted by molar-refractivity contribution is 0.101. The van der Waals surface area contributed by atoms with E-state index >= 15 is 0 Å². The van der Waals surface area contributed by atoms with Gasteiger partial charge < -0.3 is 9.26 Å². The second-order valence-electron chi connectivity index (χ2n) is 4.22. The molecule has 0 atom stereocenters. The number of thiazole rings is 1. The van der Waals surface area contributed by atoms with E-state index in [2.05, 4.69) is 15.5 Å². The summed E-state index contributed by atoms with van der Waals surface area (Å²) in [5, 5.41) is 7.30. The lowest BCUT2D eigenvalue weighted by Crippen LogP contribution is -2.11. The Balaban J connectivity index is 1.94. The van der Waals surface area contributed by atoms with Crippen molar-refractivity contribution in [2.24, 2.45) is 0 Å². The van der Waals surface area contributed by atoms with Gasteiger partial charge in [0.05, 0.1) is 16.8 Å². The number of ether oxygens (including phenoxy) is 1. The molecule has 2 aromatic heterocycles. The van der Waals surface area contributed by atoms with Crippen LogP contribution in [0.3, 0.4) is 0 Å². The summed E-state index contributed by atoms with van der Waals surface area (Å²) in [4.78, 5) is 16.3. The molecule has 0 saturated carbocycles. The number of halogens is 1. The number of nitrogens with one attached hydrogen (secondary N) is 1. The average molecular weight is 324 g/mol. The Bertz CT molecular complexity index is 827. The van der Waals surface area contributed by atoms with E-state index in [0.29, 0.717) is 27.2 Å². The monoisotopic (exact) mass is 323 g/mol. The molecule has 21 heavy (non-hydrogen) atoms. The fourth-order valence-corrected chi connectivity index (χ4v) is 2.96. The van der Waals surface area contributed by atoms with Gasteiger partial charge in [-0.1, -0.05) is 28.1 Å². The number of methoxy groups -OCH3 is 1. The molecule has 0 aliphatic heterocycles. The van der Waals surface area contributed by atoms with Crippen LogP contribution >= 0.6 is 22.9 Å². The summed E-state index contributed by atoms with van der Waals surface area (Å²) in [5.41, 5.74) is 0.812. The Morgan fingerprint density at radius 3 is 2.95 bits per heavy atom. The molecule has 0 bridgehead atoms. The number of anilines is 1. The van der Waals surface area contributed by atoms with Crippen LogP contribution in [0.2, 0.25) is 5.02 Å². The highest BCUT2D eigenvalue weighted by molar-refractivity contribution is 7.23. The molecule has 6 nitrogen and oxygen atoms in total. The Labute approximate surface area is 128 Å². The van der Waals surface area contributed by atoms with Gasteiger partial charge in [0.15, 0.2) is 10.8 Å².